The maximum atomic E-state index is 5.77. The highest BCUT2D eigenvalue weighted by Gasteiger charge is 2.22. The van der Waals surface area contributed by atoms with E-state index in [0.29, 0.717) is 11.0 Å². The minimum atomic E-state index is -0.0206. The summed E-state index contributed by atoms with van der Waals surface area (Å²) in [7, 11) is 0. The predicted molar refractivity (Wildman–Crippen MR) is 81.4 cm³/mol. The molecule has 0 amide bonds. The van der Waals surface area contributed by atoms with Gasteiger partial charge in [-0.15, -0.1) is 0 Å². The molecule has 0 aromatic rings. The van der Waals surface area contributed by atoms with Crippen molar-refractivity contribution >= 4 is 17.2 Å². The largest absolute Gasteiger partial charge is 0.393 e. The van der Waals surface area contributed by atoms with Crippen LogP contribution in [0.5, 0.6) is 0 Å². The first-order valence-electron chi connectivity index (χ1n) is 6.85. The number of rotatable bonds is 9. The lowest BCUT2D eigenvalue weighted by molar-refractivity contribution is 0.197. The second-order valence-electron chi connectivity index (χ2n) is 5.83. The van der Waals surface area contributed by atoms with Gasteiger partial charge in [-0.1, -0.05) is 45.8 Å². The van der Waals surface area contributed by atoms with Gasteiger partial charge in [0, 0.05) is 11.5 Å². The first-order chi connectivity index (χ1) is 7.81. The SMILES string of the molecule is CCCCCN(CCC(C)(C)C(N)=S)C(C)C. The molecule has 2 N–H and O–H groups in total. The van der Waals surface area contributed by atoms with Crippen LogP contribution in [0.2, 0.25) is 0 Å². The number of nitrogens with two attached hydrogens (primary N) is 1. The molecule has 0 aliphatic heterocycles. The molecule has 0 radical (unpaired) electrons. The van der Waals surface area contributed by atoms with Crippen LogP contribution in [-0.4, -0.2) is 29.0 Å². The van der Waals surface area contributed by atoms with Crippen LogP contribution in [0, 0.1) is 5.41 Å². The first-order valence-corrected chi connectivity index (χ1v) is 7.26. The van der Waals surface area contributed by atoms with E-state index in [1.54, 1.807) is 0 Å². The molecule has 3 heteroatoms. The lowest BCUT2D eigenvalue weighted by Gasteiger charge is -2.31. The Morgan fingerprint density at radius 3 is 2.24 bits per heavy atom. The molecule has 0 aromatic heterocycles. The molecular formula is C14H30N2S. The van der Waals surface area contributed by atoms with E-state index in [-0.39, 0.29) is 5.41 Å². The molecule has 0 heterocycles. The molecule has 17 heavy (non-hydrogen) atoms. The summed E-state index contributed by atoms with van der Waals surface area (Å²) < 4.78 is 0. The fraction of sp³-hybridized carbons (Fsp3) is 0.929. The minimum absolute atomic E-state index is 0.0206. The van der Waals surface area contributed by atoms with Crippen LogP contribution in [0.1, 0.15) is 60.3 Å². The molecule has 0 saturated carbocycles. The highest BCUT2D eigenvalue weighted by atomic mass is 32.1. The first kappa shape index (κ1) is 16.9. The fourth-order valence-electron chi connectivity index (χ4n) is 1.74. The van der Waals surface area contributed by atoms with Gasteiger partial charge in [-0.2, -0.15) is 0 Å². The van der Waals surface area contributed by atoms with Crippen molar-refractivity contribution in [2.24, 2.45) is 11.1 Å². The van der Waals surface area contributed by atoms with E-state index in [4.69, 9.17) is 18.0 Å². The van der Waals surface area contributed by atoms with Crippen LogP contribution in [0.15, 0.2) is 0 Å². The third-order valence-electron chi connectivity index (χ3n) is 3.47. The molecule has 0 atom stereocenters. The predicted octanol–water partition coefficient (Wildman–Crippen LogP) is 3.59. The molecule has 0 rings (SSSR count). The maximum Gasteiger partial charge on any atom is 0.0784 e. The zero-order chi connectivity index (χ0) is 13.5. The van der Waals surface area contributed by atoms with E-state index in [9.17, 15) is 0 Å². The van der Waals surface area contributed by atoms with Gasteiger partial charge in [0.15, 0.2) is 0 Å². The number of hydrogen-bond acceptors (Lipinski definition) is 2. The normalized spacial score (nSPS) is 12.4. The van der Waals surface area contributed by atoms with Crippen molar-refractivity contribution in [1.82, 2.24) is 4.90 Å². The average molecular weight is 258 g/mol. The smallest absolute Gasteiger partial charge is 0.0784 e. The Kier molecular flexibility index (Phi) is 7.97. The zero-order valence-electron chi connectivity index (χ0n) is 12.3. The van der Waals surface area contributed by atoms with Gasteiger partial charge in [-0.25, -0.2) is 0 Å². The average Bonchev–Trinajstić information content (AvgIpc) is 2.22. The second kappa shape index (κ2) is 8.04. The van der Waals surface area contributed by atoms with Crippen LogP contribution in [0.25, 0.3) is 0 Å². The minimum Gasteiger partial charge on any atom is -0.393 e. The van der Waals surface area contributed by atoms with Crippen molar-refractivity contribution in [2.75, 3.05) is 13.1 Å². The van der Waals surface area contributed by atoms with E-state index in [0.717, 1.165) is 13.0 Å². The van der Waals surface area contributed by atoms with Crippen LogP contribution < -0.4 is 5.73 Å². The number of thiocarbonyl (C=S) groups is 1. The monoisotopic (exact) mass is 258 g/mol. The summed E-state index contributed by atoms with van der Waals surface area (Å²) in [6.07, 6.45) is 4.95. The number of nitrogens with zero attached hydrogens (tertiary/aromatic N) is 1. The van der Waals surface area contributed by atoms with Gasteiger partial charge < -0.3 is 10.6 Å². The van der Waals surface area contributed by atoms with Crippen molar-refractivity contribution < 1.29 is 0 Å². The molecule has 0 aliphatic carbocycles. The summed E-state index contributed by atoms with van der Waals surface area (Å²) in [6.45, 7) is 13.3. The maximum absolute atomic E-state index is 5.77. The van der Waals surface area contributed by atoms with E-state index in [2.05, 4.69) is 39.5 Å². The molecule has 0 unspecified atom stereocenters. The Morgan fingerprint density at radius 2 is 1.82 bits per heavy atom. The van der Waals surface area contributed by atoms with Gasteiger partial charge in [0.2, 0.25) is 0 Å². The quantitative estimate of drug-likeness (QED) is 0.506. The standard InChI is InChI=1S/C14H30N2S/c1-6-7-8-10-16(12(2)3)11-9-14(4,5)13(15)17/h12H,6-11H2,1-5H3,(H2,15,17). The Balaban J connectivity index is 4.13. The Hall–Kier alpha value is -0.150. The lowest BCUT2D eigenvalue weighted by Crippen LogP contribution is -2.38. The highest BCUT2D eigenvalue weighted by Crippen LogP contribution is 2.21. The van der Waals surface area contributed by atoms with Crippen molar-refractivity contribution in [3.63, 3.8) is 0 Å². The van der Waals surface area contributed by atoms with Crippen molar-refractivity contribution in [3.8, 4) is 0 Å². The molecule has 102 valence electrons. The lowest BCUT2D eigenvalue weighted by atomic mass is 9.89. The summed E-state index contributed by atoms with van der Waals surface area (Å²) in [5, 5.41) is 0. The van der Waals surface area contributed by atoms with E-state index < -0.39 is 0 Å². The van der Waals surface area contributed by atoms with Gasteiger partial charge in [0.25, 0.3) is 0 Å². The molecule has 0 fully saturated rings. The Bertz CT molecular complexity index is 224. The molecule has 2 nitrogen and oxygen atoms in total. The van der Waals surface area contributed by atoms with Gasteiger partial charge >= 0.3 is 0 Å². The Labute approximate surface area is 113 Å². The molecule has 0 aromatic carbocycles. The Morgan fingerprint density at radius 1 is 1.24 bits per heavy atom. The fourth-order valence-corrected chi connectivity index (χ4v) is 1.84. The van der Waals surface area contributed by atoms with E-state index in [1.807, 2.05) is 0 Å². The molecule has 0 spiro atoms. The summed E-state index contributed by atoms with van der Waals surface area (Å²) in [5.74, 6) is 0. The van der Waals surface area contributed by atoms with Gasteiger partial charge in [-0.05, 0) is 39.8 Å². The summed E-state index contributed by atoms with van der Waals surface area (Å²) in [5.41, 5.74) is 5.75. The molecule has 0 bridgehead atoms. The summed E-state index contributed by atoms with van der Waals surface area (Å²) in [6, 6.07) is 0.606. The zero-order valence-corrected chi connectivity index (χ0v) is 13.1. The van der Waals surface area contributed by atoms with Crippen LogP contribution in [-0.2, 0) is 0 Å². The van der Waals surface area contributed by atoms with Crippen LogP contribution in [0.3, 0.4) is 0 Å². The summed E-state index contributed by atoms with van der Waals surface area (Å²) in [4.78, 5) is 3.17. The van der Waals surface area contributed by atoms with Gasteiger partial charge in [0.1, 0.15) is 0 Å². The van der Waals surface area contributed by atoms with Crippen molar-refractivity contribution in [1.29, 1.82) is 0 Å². The van der Waals surface area contributed by atoms with Gasteiger partial charge in [-0.3, -0.25) is 0 Å². The van der Waals surface area contributed by atoms with Crippen molar-refractivity contribution in [3.05, 3.63) is 0 Å². The molecular weight excluding hydrogens is 228 g/mol. The number of unbranched alkanes of at least 4 members (excludes halogenated alkanes) is 2. The topological polar surface area (TPSA) is 29.3 Å². The van der Waals surface area contributed by atoms with E-state index in [1.165, 1.54) is 25.8 Å². The molecule has 0 aliphatic rings. The third-order valence-corrected chi connectivity index (χ3v) is 4.02. The second-order valence-corrected chi connectivity index (χ2v) is 6.27. The van der Waals surface area contributed by atoms with Crippen LogP contribution in [0.4, 0.5) is 0 Å². The van der Waals surface area contributed by atoms with E-state index >= 15 is 0 Å². The third kappa shape index (κ3) is 6.99. The molecule has 0 saturated heterocycles. The van der Waals surface area contributed by atoms with Crippen molar-refractivity contribution in [2.45, 2.75) is 66.3 Å². The number of hydrogen-bond donors (Lipinski definition) is 1. The van der Waals surface area contributed by atoms with Crippen LogP contribution >= 0.6 is 12.2 Å². The highest BCUT2D eigenvalue weighted by molar-refractivity contribution is 7.80. The summed E-state index contributed by atoms with van der Waals surface area (Å²) >= 11 is 5.11. The van der Waals surface area contributed by atoms with Gasteiger partial charge in [0.05, 0.1) is 4.99 Å².